The van der Waals surface area contributed by atoms with Gasteiger partial charge in [0, 0.05) is 10.7 Å². The van der Waals surface area contributed by atoms with E-state index in [1.54, 1.807) is 0 Å². The third kappa shape index (κ3) is 4.33. The van der Waals surface area contributed by atoms with E-state index in [4.69, 9.17) is 10.7 Å². The Morgan fingerprint density at radius 1 is 1.23 bits per heavy atom. The molecule has 0 bridgehead atoms. The molecule has 0 saturated heterocycles. The monoisotopic (exact) mass is 374 g/mol. The van der Waals surface area contributed by atoms with Crippen molar-refractivity contribution < 1.29 is 44.4 Å². The highest BCUT2D eigenvalue weighted by molar-refractivity contribution is 8.13. The first-order chi connectivity index (χ1) is 9.63. The van der Waals surface area contributed by atoms with Crippen molar-refractivity contribution in [3.05, 3.63) is 21.7 Å². The Hall–Kier alpha value is -1.83. The van der Waals surface area contributed by atoms with Gasteiger partial charge in [-0.3, -0.25) is 10.1 Å². The lowest BCUT2D eigenvalue weighted by Gasteiger charge is -2.14. The average molecular weight is 375 g/mol. The topological polar surface area (TPSA) is 99.4 Å². The van der Waals surface area contributed by atoms with Crippen molar-refractivity contribution >= 4 is 25.4 Å². The molecule has 0 amide bonds. The summed E-state index contributed by atoms with van der Waals surface area (Å²) in [7, 11) is -0.243. The number of nitro groups is 1. The fourth-order valence-electron chi connectivity index (χ4n) is 1.21. The van der Waals surface area contributed by atoms with E-state index >= 15 is 0 Å². The van der Waals surface area contributed by atoms with Gasteiger partial charge in [-0.25, -0.2) is 8.42 Å². The summed E-state index contributed by atoms with van der Waals surface area (Å²) in [6, 6.07) is -0.228. The summed E-state index contributed by atoms with van der Waals surface area (Å²) >= 11 is 0. The molecule has 7 nitrogen and oxygen atoms in total. The molecule has 1 rings (SSSR count). The second kappa shape index (κ2) is 5.42. The standard InChI is InChI=1S/C7HClF6N2O5S/c8-22(19,20)3-1-2(16(17)18)4(6(9,10)11)5(15-3)21-7(12,13)14/h1H. The maximum absolute atomic E-state index is 12.7. The number of aromatic nitrogens is 1. The van der Waals surface area contributed by atoms with Crippen LogP contribution in [0.15, 0.2) is 11.1 Å². The summed E-state index contributed by atoms with van der Waals surface area (Å²) in [5, 5.41) is 8.96. The molecule has 124 valence electrons. The van der Waals surface area contributed by atoms with Crippen molar-refractivity contribution in [3.8, 4) is 5.88 Å². The lowest BCUT2D eigenvalue weighted by atomic mass is 10.2. The van der Waals surface area contributed by atoms with Gasteiger partial charge in [0.1, 0.15) is 0 Å². The van der Waals surface area contributed by atoms with Gasteiger partial charge in [-0.05, 0) is 0 Å². The minimum absolute atomic E-state index is 0.228. The van der Waals surface area contributed by atoms with Crippen LogP contribution in [-0.2, 0) is 15.2 Å². The number of nitrogens with zero attached hydrogens (tertiary/aromatic N) is 2. The predicted molar refractivity (Wildman–Crippen MR) is 55.6 cm³/mol. The summed E-state index contributed by atoms with van der Waals surface area (Å²) in [6.45, 7) is 0. The number of rotatable bonds is 3. The van der Waals surface area contributed by atoms with Crippen LogP contribution in [-0.4, -0.2) is 24.7 Å². The smallest absolute Gasteiger partial charge is 0.387 e. The minimum atomic E-state index is -5.71. The highest BCUT2D eigenvalue weighted by Gasteiger charge is 2.47. The minimum Gasteiger partial charge on any atom is -0.387 e. The van der Waals surface area contributed by atoms with E-state index in [9.17, 15) is 44.9 Å². The van der Waals surface area contributed by atoms with Crippen LogP contribution in [0.5, 0.6) is 5.88 Å². The number of pyridine rings is 1. The molecule has 0 saturated carbocycles. The molecular formula is C7HClF6N2O5S. The highest BCUT2D eigenvalue weighted by atomic mass is 35.7. The summed E-state index contributed by atoms with van der Waals surface area (Å²) in [5.41, 5.74) is -4.51. The van der Waals surface area contributed by atoms with Gasteiger partial charge in [-0.2, -0.15) is 18.2 Å². The lowest BCUT2D eigenvalue weighted by molar-refractivity contribution is -0.388. The van der Waals surface area contributed by atoms with E-state index in [-0.39, 0.29) is 6.07 Å². The van der Waals surface area contributed by atoms with Crippen molar-refractivity contribution in [2.24, 2.45) is 0 Å². The molecule has 1 aromatic rings. The van der Waals surface area contributed by atoms with Gasteiger partial charge in [0.2, 0.25) is 5.88 Å². The molecule has 0 unspecified atom stereocenters. The third-order valence-electron chi connectivity index (χ3n) is 1.88. The maximum Gasteiger partial charge on any atom is 0.574 e. The van der Waals surface area contributed by atoms with Crippen molar-refractivity contribution in [1.29, 1.82) is 0 Å². The van der Waals surface area contributed by atoms with Gasteiger partial charge < -0.3 is 4.74 Å². The molecule has 0 fully saturated rings. The average Bonchev–Trinajstić information content (AvgIpc) is 2.22. The predicted octanol–water partition coefficient (Wildman–Crippen LogP) is 2.83. The van der Waals surface area contributed by atoms with Crippen LogP contribution < -0.4 is 4.74 Å². The van der Waals surface area contributed by atoms with Gasteiger partial charge in [0.05, 0.1) is 11.0 Å². The SMILES string of the molecule is O=[N+]([O-])c1cc(S(=O)(=O)Cl)nc(OC(F)(F)F)c1C(F)(F)F. The molecule has 0 aliphatic heterocycles. The van der Waals surface area contributed by atoms with Crippen molar-refractivity contribution in [2.75, 3.05) is 0 Å². The van der Waals surface area contributed by atoms with Crippen molar-refractivity contribution in [1.82, 2.24) is 4.98 Å². The molecule has 0 aromatic carbocycles. The van der Waals surface area contributed by atoms with Crippen LogP contribution in [0.3, 0.4) is 0 Å². The van der Waals surface area contributed by atoms with E-state index in [2.05, 4.69) is 9.72 Å². The molecule has 1 aromatic heterocycles. The Kier molecular flexibility index (Phi) is 4.49. The van der Waals surface area contributed by atoms with E-state index < -0.39 is 48.7 Å². The van der Waals surface area contributed by atoms with Crippen LogP contribution in [0.25, 0.3) is 0 Å². The molecule has 22 heavy (non-hydrogen) atoms. The summed E-state index contributed by atoms with van der Waals surface area (Å²) < 4.78 is 99.2. The zero-order valence-corrected chi connectivity index (χ0v) is 11.1. The molecule has 0 atom stereocenters. The van der Waals surface area contributed by atoms with E-state index in [0.29, 0.717) is 0 Å². The number of halogens is 7. The molecule has 0 radical (unpaired) electrons. The van der Waals surface area contributed by atoms with Gasteiger partial charge in [0.15, 0.2) is 10.6 Å². The normalized spacial score (nSPS) is 13.0. The van der Waals surface area contributed by atoms with E-state index in [1.165, 1.54) is 0 Å². The Morgan fingerprint density at radius 2 is 1.73 bits per heavy atom. The fourth-order valence-corrected chi connectivity index (χ4v) is 1.89. The second-order valence-corrected chi connectivity index (χ2v) is 5.91. The summed E-state index contributed by atoms with van der Waals surface area (Å²) in [4.78, 5) is 11.3. The highest BCUT2D eigenvalue weighted by Crippen LogP contribution is 2.43. The third-order valence-corrected chi connectivity index (χ3v) is 3.07. The molecule has 15 heteroatoms. The zero-order chi connectivity index (χ0) is 17.5. The van der Waals surface area contributed by atoms with Crippen molar-refractivity contribution in [2.45, 2.75) is 17.6 Å². The molecule has 0 aliphatic carbocycles. The maximum atomic E-state index is 12.7. The van der Waals surface area contributed by atoms with Crippen molar-refractivity contribution in [3.63, 3.8) is 0 Å². The zero-order valence-electron chi connectivity index (χ0n) is 9.57. The van der Waals surface area contributed by atoms with Crippen LogP contribution in [0, 0.1) is 10.1 Å². The Morgan fingerprint density at radius 3 is 2.05 bits per heavy atom. The summed E-state index contributed by atoms with van der Waals surface area (Å²) in [6.07, 6.45) is -11.4. The molecule has 0 spiro atoms. The number of hydrogen-bond acceptors (Lipinski definition) is 6. The van der Waals surface area contributed by atoms with E-state index in [1.807, 2.05) is 0 Å². The quantitative estimate of drug-likeness (QED) is 0.349. The molecule has 0 N–H and O–H groups in total. The Bertz CT molecular complexity index is 715. The van der Waals surface area contributed by atoms with Crippen LogP contribution in [0.1, 0.15) is 5.56 Å². The number of ether oxygens (including phenoxy) is 1. The van der Waals surface area contributed by atoms with Crippen LogP contribution in [0.4, 0.5) is 32.0 Å². The molecular weight excluding hydrogens is 374 g/mol. The number of alkyl halides is 6. The largest absolute Gasteiger partial charge is 0.574 e. The molecule has 0 aliphatic rings. The molecule has 1 heterocycles. The Balaban J connectivity index is 3.83. The first-order valence-corrected chi connectivity index (χ1v) is 6.91. The van der Waals surface area contributed by atoms with Crippen LogP contribution in [0.2, 0.25) is 0 Å². The van der Waals surface area contributed by atoms with Crippen LogP contribution >= 0.6 is 10.7 Å². The first kappa shape index (κ1) is 18.2. The van der Waals surface area contributed by atoms with Gasteiger partial charge in [0.25, 0.3) is 14.7 Å². The first-order valence-electron chi connectivity index (χ1n) is 4.60. The van der Waals surface area contributed by atoms with E-state index in [0.717, 1.165) is 0 Å². The summed E-state index contributed by atoms with van der Waals surface area (Å²) in [5.74, 6) is -2.35. The van der Waals surface area contributed by atoms with Gasteiger partial charge in [-0.15, -0.1) is 13.2 Å². The number of hydrogen-bond donors (Lipinski definition) is 0. The fraction of sp³-hybridized carbons (Fsp3) is 0.286. The van der Waals surface area contributed by atoms with Gasteiger partial charge >= 0.3 is 12.5 Å². The lowest BCUT2D eigenvalue weighted by Crippen LogP contribution is -2.22. The van der Waals surface area contributed by atoms with Gasteiger partial charge in [-0.1, -0.05) is 0 Å². The second-order valence-electron chi connectivity index (χ2n) is 3.40. The Labute approximate surface area is 121 Å².